The smallest absolute Gasteiger partial charge is 0.408 e. The van der Waals surface area contributed by atoms with E-state index in [1.807, 2.05) is 24.3 Å². The van der Waals surface area contributed by atoms with Gasteiger partial charge in [-0.1, -0.05) is 38.1 Å². The Morgan fingerprint density at radius 3 is 2.88 bits per heavy atom. The molecular formula is C19H19FN2O2. The van der Waals surface area contributed by atoms with E-state index in [0.717, 1.165) is 23.2 Å². The lowest BCUT2D eigenvalue weighted by atomic mass is 9.78. The number of hydrogen-bond donors (Lipinski definition) is 1. The van der Waals surface area contributed by atoms with Gasteiger partial charge in [-0.05, 0) is 17.7 Å². The average molecular weight is 326 g/mol. The van der Waals surface area contributed by atoms with Gasteiger partial charge in [0.2, 0.25) is 0 Å². The van der Waals surface area contributed by atoms with Gasteiger partial charge in [-0.2, -0.15) is 0 Å². The van der Waals surface area contributed by atoms with E-state index in [0.29, 0.717) is 24.2 Å². The van der Waals surface area contributed by atoms with Crippen LogP contribution in [0.3, 0.4) is 0 Å². The second-order valence-electron chi connectivity index (χ2n) is 7.10. The number of aromatic amines is 1. The van der Waals surface area contributed by atoms with Crippen LogP contribution in [-0.2, 0) is 18.5 Å². The minimum absolute atomic E-state index is 0.136. The van der Waals surface area contributed by atoms with E-state index in [4.69, 9.17) is 4.42 Å². The molecule has 2 aromatic carbocycles. The zero-order chi connectivity index (χ0) is 16.9. The van der Waals surface area contributed by atoms with Crippen molar-refractivity contribution in [3.8, 4) is 0 Å². The molecule has 0 unspecified atom stereocenters. The Hall–Kier alpha value is -2.40. The highest BCUT2D eigenvalue weighted by Gasteiger charge is 2.33. The monoisotopic (exact) mass is 326 g/mol. The number of aromatic nitrogens is 1. The Morgan fingerprint density at radius 1 is 1.25 bits per heavy atom. The molecule has 4 nitrogen and oxygen atoms in total. The van der Waals surface area contributed by atoms with Crippen molar-refractivity contribution in [1.29, 1.82) is 0 Å². The predicted molar refractivity (Wildman–Crippen MR) is 90.4 cm³/mol. The van der Waals surface area contributed by atoms with Gasteiger partial charge in [-0.15, -0.1) is 0 Å². The molecule has 1 aromatic heterocycles. The highest BCUT2D eigenvalue weighted by Crippen LogP contribution is 2.35. The van der Waals surface area contributed by atoms with Crippen LogP contribution >= 0.6 is 0 Å². The fourth-order valence-corrected chi connectivity index (χ4v) is 3.79. The Labute approximate surface area is 138 Å². The number of H-pyrrole nitrogens is 1. The molecule has 0 saturated carbocycles. The maximum atomic E-state index is 14.3. The zero-order valence-electron chi connectivity index (χ0n) is 13.7. The molecule has 0 atom stereocenters. The molecular weight excluding hydrogens is 307 g/mol. The Morgan fingerprint density at radius 2 is 2.04 bits per heavy atom. The first-order valence-electron chi connectivity index (χ1n) is 8.05. The number of para-hydroxylation sites is 1. The van der Waals surface area contributed by atoms with E-state index in [2.05, 4.69) is 23.7 Å². The largest absolute Gasteiger partial charge is 0.417 e. The molecule has 24 heavy (non-hydrogen) atoms. The summed E-state index contributed by atoms with van der Waals surface area (Å²) in [5.41, 5.74) is 3.91. The SMILES string of the molecule is CC1(C)CN(Cc2cccc3[nH]c(=O)oc23)Cc2c(F)cccc21. The van der Waals surface area contributed by atoms with Crippen molar-refractivity contribution in [2.45, 2.75) is 32.4 Å². The molecule has 0 amide bonds. The maximum absolute atomic E-state index is 14.3. The van der Waals surface area contributed by atoms with Gasteiger partial charge < -0.3 is 4.42 Å². The lowest BCUT2D eigenvalue weighted by molar-refractivity contribution is 0.182. The Kier molecular flexibility index (Phi) is 3.35. The third kappa shape index (κ3) is 2.45. The van der Waals surface area contributed by atoms with Gasteiger partial charge >= 0.3 is 5.76 Å². The van der Waals surface area contributed by atoms with Crippen LogP contribution in [0.15, 0.2) is 45.6 Å². The minimum Gasteiger partial charge on any atom is -0.408 e. The maximum Gasteiger partial charge on any atom is 0.417 e. The van der Waals surface area contributed by atoms with Gasteiger partial charge in [0.05, 0.1) is 5.52 Å². The number of oxazole rings is 1. The molecule has 0 saturated heterocycles. The summed E-state index contributed by atoms with van der Waals surface area (Å²) in [4.78, 5) is 16.3. The number of benzene rings is 2. The van der Waals surface area contributed by atoms with Gasteiger partial charge in [-0.3, -0.25) is 9.88 Å². The van der Waals surface area contributed by atoms with Crippen LogP contribution in [0.4, 0.5) is 4.39 Å². The lowest BCUT2D eigenvalue weighted by Gasteiger charge is -2.40. The molecule has 1 aliphatic heterocycles. The molecule has 0 fully saturated rings. The summed E-state index contributed by atoms with van der Waals surface area (Å²) >= 11 is 0. The third-order valence-corrected chi connectivity index (χ3v) is 4.77. The van der Waals surface area contributed by atoms with Gasteiger partial charge in [0.25, 0.3) is 0 Å². The van der Waals surface area contributed by atoms with Crippen LogP contribution < -0.4 is 5.76 Å². The van der Waals surface area contributed by atoms with Crippen molar-refractivity contribution in [3.05, 3.63) is 69.5 Å². The standard InChI is InChI=1S/C19H19FN2O2/c1-19(2)11-22(10-13-14(19)6-4-7-15(13)20)9-12-5-3-8-16-17(12)24-18(23)21-16/h3-8H,9-11H2,1-2H3,(H,21,23). The average Bonchev–Trinajstić information content (AvgIpc) is 2.89. The highest BCUT2D eigenvalue weighted by molar-refractivity contribution is 5.75. The summed E-state index contributed by atoms with van der Waals surface area (Å²) in [6.45, 7) is 6.24. The van der Waals surface area contributed by atoms with Crippen molar-refractivity contribution in [2.75, 3.05) is 6.54 Å². The Bertz CT molecular complexity index is 971. The van der Waals surface area contributed by atoms with Crippen LogP contribution in [-0.4, -0.2) is 16.4 Å². The zero-order valence-corrected chi connectivity index (χ0v) is 13.7. The molecule has 2 heterocycles. The lowest BCUT2D eigenvalue weighted by Crippen LogP contribution is -2.42. The van der Waals surface area contributed by atoms with Crippen LogP contribution in [0.5, 0.6) is 0 Å². The fraction of sp³-hybridized carbons (Fsp3) is 0.316. The first-order chi connectivity index (χ1) is 11.4. The molecule has 0 radical (unpaired) electrons. The van der Waals surface area contributed by atoms with E-state index in [1.165, 1.54) is 6.07 Å². The minimum atomic E-state index is -0.451. The van der Waals surface area contributed by atoms with Crippen molar-refractivity contribution >= 4 is 11.1 Å². The fourth-order valence-electron chi connectivity index (χ4n) is 3.79. The molecule has 0 aliphatic carbocycles. The molecule has 124 valence electrons. The normalized spacial score (nSPS) is 17.1. The van der Waals surface area contributed by atoms with Crippen molar-refractivity contribution in [3.63, 3.8) is 0 Å². The van der Waals surface area contributed by atoms with E-state index in [9.17, 15) is 9.18 Å². The number of nitrogens with zero attached hydrogens (tertiary/aromatic N) is 1. The molecule has 4 rings (SSSR count). The Balaban J connectivity index is 1.71. The van der Waals surface area contributed by atoms with E-state index in [1.54, 1.807) is 6.07 Å². The number of rotatable bonds is 2. The van der Waals surface area contributed by atoms with Gasteiger partial charge in [0.1, 0.15) is 5.82 Å². The molecule has 0 spiro atoms. The van der Waals surface area contributed by atoms with Crippen molar-refractivity contribution in [1.82, 2.24) is 9.88 Å². The number of nitrogens with one attached hydrogen (secondary N) is 1. The van der Waals surface area contributed by atoms with Crippen LogP contribution in [0, 0.1) is 5.82 Å². The van der Waals surface area contributed by atoms with Crippen LogP contribution in [0.2, 0.25) is 0 Å². The van der Waals surface area contributed by atoms with E-state index >= 15 is 0 Å². The number of fused-ring (bicyclic) bond motifs is 2. The third-order valence-electron chi connectivity index (χ3n) is 4.77. The second kappa shape index (κ2) is 5.31. The van der Waals surface area contributed by atoms with E-state index < -0.39 is 5.76 Å². The van der Waals surface area contributed by atoms with Gasteiger partial charge in [0, 0.05) is 36.2 Å². The summed E-state index contributed by atoms with van der Waals surface area (Å²) < 4.78 is 19.6. The molecule has 3 aromatic rings. The molecule has 1 aliphatic rings. The van der Waals surface area contributed by atoms with Crippen LogP contribution in [0.1, 0.15) is 30.5 Å². The van der Waals surface area contributed by atoms with Crippen LogP contribution in [0.25, 0.3) is 11.1 Å². The number of hydrogen-bond acceptors (Lipinski definition) is 3. The first kappa shape index (κ1) is 15.1. The van der Waals surface area contributed by atoms with E-state index in [-0.39, 0.29) is 11.2 Å². The predicted octanol–water partition coefficient (Wildman–Crippen LogP) is 3.55. The summed E-state index contributed by atoms with van der Waals surface area (Å²) in [7, 11) is 0. The molecule has 5 heteroatoms. The summed E-state index contributed by atoms with van der Waals surface area (Å²) in [5, 5.41) is 0. The van der Waals surface area contributed by atoms with Gasteiger partial charge in [-0.25, -0.2) is 9.18 Å². The summed E-state index contributed by atoms with van der Waals surface area (Å²) in [6, 6.07) is 11.0. The molecule has 0 bridgehead atoms. The highest BCUT2D eigenvalue weighted by atomic mass is 19.1. The topological polar surface area (TPSA) is 49.2 Å². The number of halogens is 1. The van der Waals surface area contributed by atoms with Crippen molar-refractivity contribution in [2.24, 2.45) is 0 Å². The van der Waals surface area contributed by atoms with Crippen molar-refractivity contribution < 1.29 is 8.81 Å². The second-order valence-corrected chi connectivity index (χ2v) is 7.10. The van der Waals surface area contributed by atoms with Gasteiger partial charge in [0.15, 0.2) is 5.58 Å². The molecule has 1 N–H and O–H groups in total. The first-order valence-corrected chi connectivity index (χ1v) is 8.05. The summed E-state index contributed by atoms with van der Waals surface area (Å²) in [5.74, 6) is -0.607. The summed E-state index contributed by atoms with van der Waals surface area (Å²) in [6.07, 6.45) is 0. The quantitative estimate of drug-likeness (QED) is 0.783.